The highest BCUT2D eigenvalue weighted by Crippen LogP contribution is 2.34. The molecule has 6 nitrogen and oxygen atoms in total. The Labute approximate surface area is 210 Å². The molecule has 1 N–H and O–H groups in total. The number of aromatic hydroxyl groups is 1. The highest BCUT2D eigenvalue weighted by atomic mass is 79.9. The molecule has 8 heteroatoms. The summed E-state index contributed by atoms with van der Waals surface area (Å²) >= 11 is 9.38. The first-order valence-corrected chi connectivity index (χ1v) is 11.8. The van der Waals surface area contributed by atoms with Gasteiger partial charge in [0.2, 0.25) is 0 Å². The summed E-state index contributed by atoms with van der Waals surface area (Å²) in [6.45, 7) is 6.12. The molecule has 0 radical (unpaired) electrons. The van der Waals surface area contributed by atoms with Crippen LogP contribution in [0, 0.1) is 6.92 Å². The van der Waals surface area contributed by atoms with Crippen LogP contribution >= 0.6 is 27.5 Å². The van der Waals surface area contributed by atoms with Gasteiger partial charge in [0, 0.05) is 5.56 Å². The Bertz CT molecular complexity index is 1470. The Balaban J connectivity index is 1.99. The molecular formula is C26H23BrClN3O3. The van der Waals surface area contributed by atoms with Crippen LogP contribution in [0.3, 0.4) is 0 Å². The Hall–Kier alpha value is -3.16. The summed E-state index contributed by atoms with van der Waals surface area (Å²) in [4.78, 5) is 18.3. The quantitative estimate of drug-likeness (QED) is 0.293. The van der Waals surface area contributed by atoms with Crippen LogP contribution in [0.5, 0.6) is 11.5 Å². The maximum absolute atomic E-state index is 13.5. The van der Waals surface area contributed by atoms with E-state index < -0.39 is 0 Å². The molecule has 0 fully saturated rings. The van der Waals surface area contributed by atoms with Gasteiger partial charge in [-0.1, -0.05) is 37.6 Å². The van der Waals surface area contributed by atoms with E-state index in [1.165, 1.54) is 10.9 Å². The molecule has 0 amide bonds. The molecule has 4 aromatic rings. The number of phenols is 1. The lowest BCUT2D eigenvalue weighted by atomic mass is 9.96. The van der Waals surface area contributed by atoms with Gasteiger partial charge in [0.1, 0.15) is 11.5 Å². The predicted octanol–water partition coefficient (Wildman–Crippen LogP) is 6.51. The first-order valence-electron chi connectivity index (χ1n) is 10.6. The Morgan fingerprint density at radius 2 is 1.94 bits per heavy atom. The van der Waals surface area contributed by atoms with Crippen LogP contribution in [-0.2, 0) is 0 Å². The number of phenolic OH excluding ortho intramolecular Hbond substituents is 1. The number of ether oxygens (including phenoxy) is 1. The molecule has 34 heavy (non-hydrogen) atoms. The molecule has 0 aliphatic heterocycles. The first kappa shape index (κ1) is 24.0. The van der Waals surface area contributed by atoms with Gasteiger partial charge >= 0.3 is 0 Å². The van der Waals surface area contributed by atoms with E-state index in [4.69, 9.17) is 21.3 Å². The van der Waals surface area contributed by atoms with Crippen molar-refractivity contribution >= 4 is 44.6 Å². The van der Waals surface area contributed by atoms with E-state index in [9.17, 15) is 9.90 Å². The molecule has 0 bridgehead atoms. The van der Waals surface area contributed by atoms with Gasteiger partial charge in [0.15, 0.2) is 5.82 Å². The lowest BCUT2D eigenvalue weighted by Crippen LogP contribution is -2.20. The zero-order valence-corrected chi connectivity index (χ0v) is 21.5. The third kappa shape index (κ3) is 4.45. The third-order valence-corrected chi connectivity index (χ3v) is 6.45. The van der Waals surface area contributed by atoms with Crippen LogP contribution in [0.2, 0.25) is 5.02 Å². The fraction of sp³-hybridized carbons (Fsp3) is 0.192. The van der Waals surface area contributed by atoms with Crippen LogP contribution in [0.4, 0.5) is 0 Å². The number of benzene rings is 3. The zero-order chi connectivity index (χ0) is 24.6. The molecule has 0 atom stereocenters. The summed E-state index contributed by atoms with van der Waals surface area (Å²) in [5, 5.41) is 15.0. The molecule has 1 heterocycles. The number of hydrogen-bond donors (Lipinski definition) is 1. The minimum absolute atomic E-state index is 0.0564. The lowest BCUT2D eigenvalue weighted by Gasteiger charge is -2.17. The van der Waals surface area contributed by atoms with Crippen molar-refractivity contribution in [1.29, 1.82) is 0 Å². The Morgan fingerprint density at radius 1 is 1.21 bits per heavy atom. The molecule has 1 aromatic heterocycles. The number of aryl methyl sites for hydroxylation is 1. The van der Waals surface area contributed by atoms with Crippen LogP contribution < -0.4 is 10.3 Å². The van der Waals surface area contributed by atoms with Gasteiger partial charge in [-0.15, -0.1) is 0 Å². The SMILES string of the molecule is COc1cc(C)c(-c2nc3ccccc3c(=O)n2N=Cc2cc(Cl)c(O)c(Br)c2)cc1C(C)C. The summed E-state index contributed by atoms with van der Waals surface area (Å²) in [6, 6.07) is 14.4. The average Bonchev–Trinajstić information content (AvgIpc) is 2.81. The molecule has 0 aliphatic carbocycles. The number of rotatable bonds is 5. The Kier molecular flexibility index (Phi) is 6.77. The molecule has 0 unspecified atom stereocenters. The van der Waals surface area contributed by atoms with E-state index in [0.29, 0.717) is 26.8 Å². The van der Waals surface area contributed by atoms with Crippen LogP contribution in [0.15, 0.2) is 62.9 Å². The summed E-state index contributed by atoms with van der Waals surface area (Å²) < 4.78 is 7.31. The zero-order valence-electron chi connectivity index (χ0n) is 19.1. The number of aromatic nitrogens is 2. The smallest absolute Gasteiger partial charge is 0.282 e. The third-order valence-electron chi connectivity index (χ3n) is 5.55. The van der Waals surface area contributed by atoms with Crippen molar-refractivity contribution in [3.05, 3.63) is 85.1 Å². The van der Waals surface area contributed by atoms with E-state index in [1.54, 1.807) is 31.4 Å². The van der Waals surface area contributed by atoms with E-state index in [0.717, 1.165) is 22.4 Å². The minimum atomic E-state index is -0.290. The van der Waals surface area contributed by atoms with Crippen molar-refractivity contribution in [3.8, 4) is 22.9 Å². The first-order chi connectivity index (χ1) is 16.2. The molecule has 3 aromatic carbocycles. The number of halogens is 2. The summed E-state index contributed by atoms with van der Waals surface area (Å²) in [5.41, 5.74) is 3.61. The molecule has 0 saturated carbocycles. The monoisotopic (exact) mass is 539 g/mol. The highest BCUT2D eigenvalue weighted by Gasteiger charge is 2.18. The van der Waals surface area contributed by atoms with Gasteiger partial charge < -0.3 is 9.84 Å². The molecule has 4 rings (SSSR count). The van der Waals surface area contributed by atoms with E-state index in [2.05, 4.69) is 34.9 Å². The van der Waals surface area contributed by atoms with Crippen molar-refractivity contribution in [2.45, 2.75) is 26.7 Å². The van der Waals surface area contributed by atoms with Crippen molar-refractivity contribution < 1.29 is 9.84 Å². The lowest BCUT2D eigenvalue weighted by molar-refractivity contribution is 0.407. The maximum Gasteiger partial charge on any atom is 0.282 e. The molecule has 0 spiro atoms. The van der Waals surface area contributed by atoms with E-state index in [1.807, 2.05) is 31.2 Å². The van der Waals surface area contributed by atoms with Gasteiger partial charge in [-0.2, -0.15) is 9.78 Å². The van der Waals surface area contributed by atoms with E-state index in [-0.39, 0.29) is 22.2 Å². The maximum atomic E-state index is 13.5. The number of methoxy groups -OCH3 is 1. The molecule has 0 aliphatic rings. The molecule has 174 valence electrons. The number of fused-ring (bicyclic) bond motifs is 1. The van der Waals surface area contributed by atoms with Gasteiger partial charge in [-0.25, -0.2) is 4.98 Å². The van der Waals surface area contributed by atoms with Crippen LogP contribution in [0.1, 0.15) is 36.5 Å². The highest BCUT2D eigenvalue weighted by molar-refractivity contribution is 9.10. The second-order valence-electron chi connectivity index (χ2n) is 8.21. The van der Waals surface area contributed by atoms with Crippen LogP contribution in [0.25, 0.3) is 22.3 Å². The van der Waals surface area contributed by atoms with Gasteiger partial charge in [-0.3, -0.25) is 4.79 Å². The summed E-state index contributed by atoms with van der Waals surface area (Å²) in [6.07, 6.45) is 1.51. The summed E-state index contributed by atoms with van der Waals surface area (Å²) in [5.74, 6) is 1.36. The second-order valence-corrected chi connectivity index (χ2v) is 9.47. The number of hydrogen-bond acceptors (Lipinski definition) is 5. The van der Waals surface area contributed by atoms with E-state index >= 15 is 0 Å². The number of para-hydroxylation sites is 1. The Morgan fingerprint density at radius 3 is 2.62 bits per heavy atom. The summed E-state index contributed by atoms with van der Waals surface area (Å²) in [7, 11) is 1.65. The second kappa shape index (κ2) is 9.60. The molecular weight excluding hydrogens is 518 g/mol. The fourth-order valence-electron chi connectivity index (χ4n) is 3.76. The number of nitrogens with zero attached hydrogens (tertiary/aromatic N) is 3. The normalized spacial score (nSPS) is 11.6. The minimum Gasteiger partial charge on any atom is -0.505 e. The van der Waals surface area contributed by atoms with Crippen molar-refractivity contribution in [3.63, 3.8) is 0 Å². The topological polar surface area (TPSA) is 76.7 Å². The standard InChI is InChI=1S/C26H23BrClN3O3/c1-14(2)18-12-19(15(3)9-23(18)34-4)25-30-22-8-6-5-7-17(22)26(33)31(25)29-13-16-10-20(27)24(32)21(28)11-16/h5-14,32H,1-4H3. The van der Waals surface area contributed by atoms with Gasteiger partial charge in [-0.05, 0) is 81.9 Å². The van der Waals surface area contributed by atoms with Crippen molar-refractivity contribution in [2.75, 3.05) is 7.11 Å². The van der Waals surface area contributed by atoms with Crippen molar-refractivity contribution in [2.24, 2.45) is 5.10 Å². The largest absolute Gasteiger partial charge is 0.505 e. The molecule has 0 saturated heterocycles. The predicted molar refractivity (Wildman–Crippen MR) is 141 cm³/mol. The van der Waals surface area contributed by atoms with Crippen LogP contribution in [-0.4, -0.2) is 28.1 Å². The van der Waals surface area contributed by atoms with Gasteiger partial charge in [0.25, 0.3) is 5.56 Å². The van der Waals surface area contributed by atoms with Gasteiger partial charge in [0.05, 0.1) is 33.7 Å². The van der Waals surface area contributed by atoms with Crippen molar-refractivity contribution in [1.82, 2.24) is 9.66 Å². The average molecular weight is 541 g/mol. The fourth-order valence-corrected chi connectivity index (χ4v) is 4.58.